The van der Waals surface area contributed by atoms with Crippen molar-refractivity contribution in [3.63, 3.8) is 0 Å². The zero-order valence-electron chi connectivity index (χ0n) is 17.8. The van der Waals surface area contributed by atoms with E-state index >= 15 is 0 Å². The Morgan fingerprint density at radius 1 is 1.13 bits per heavy atom. The fraction of sp³-hybridized carbons (Fsp3) is 0.500. The molecule has 9 nitrogen and oxygen atoms in total. The largest absolute Gasteiger partial charge is 0.486 e. The number of aromatic nitrogens is 3. The number of carbonyl (C=O) groups is 2. The number of hydrogen-bond acceptors (Lipinski definition) is 7. The average molecular weight is 468 g/mol. The van der Waals surface area contributed by atoms with Crippen LogP contribution in [0.1, 0.15) is 26.6 Å². The van der Waals surface area contributed by atoms with Crippen molar-refractivity contribution in [2.75, 3.05) is 31.9 Å². The number of benzene rings is 1. The molecule has 0 spiro atoms. The quantitative estimate of drug-likeness (QED) is 0.651. The summed E-state index contributed by atoms with van der Waals surface area (Å²) in [6.07, 6.45) is -0.344. The number of ether oxygens (including phenoxy) is 2. The molecule has 1 aliphatic rings. The van der Waals surface area contributed by atoms with Gasteiger partial charge in [-0.3, -0.25) is 9.89 Å². The van der Waals surface area contributed by atoms with Crippen molar-refractivity contribution in [3.8, 4) is 5.75 Å². The van der Waals surface area contributed by atoms with E-state index in [4.69, 9.17) is 21.1 Å². The lowest BCUT2D eigenvalue weighted by atomic mass is 10.2. The van der Waals surface area contributed by atoms with Crippen LogP contribution in [0.15, 0.2) is 29.4 Å². The molecule has 1 N–H and O–H groups in total. The summed E-state index contributed by atoms with van der Waals surface area (Å²) in [6.45, 7) is 7.60. The van der Waals surface area contributed by atoms with Gasteiger partial charge in [0.05, 0.1) is 5.75 Å². The molecule has 2 amide bonds. The molecule has 2 aromatic rings. The SMILES string of the molecule is CC(C)(C)OC(=O)N1CCN(C(=O)CSc2n[nH]c(COc3ccc(Cl)cc3)n2)CC1. The third-order valence-electron chi connectivity index (χ3n) is 4.31. The van der Waals surface area contributed by atoms with Gasteiger partial charge in [-0.2, -0.15) is 0 Å². The number of hydrogen-bond donors (Lipinski definition) is 1. The summed E-state index contributed by atoms with van der Waals surface area (Å²) in [7, 11) is 0. The summed E-state index contributed by atoms with van der Waals surface area (Å²) >= 11 is 7.11. The molecule has 0 atom stereocenters. The van der Waals surface area contributed by atoms with Gasteiger partial charge in [0.25, 0.3) is 0 Å². The Balaban J connectivity index is 1.39. The number of rotatable bonds is 6. The predicted molar refractivity (Wildman–Crippen MR) is 117 cm³/mol. The van der Waals surface area contributed by atoms with E-state index in [2.05, 4.69) is 15.2 Å². The molecule has 1 aromatic carbocycles. The number of amides is 2. The van der Waals surface area contributed by atoms with Gasteiger partial charge in [0.1, 0.15) is 18.0 Å². The van der Waals surface area contributed by atoms with Gasteiger partial charge in [-0.05, 0) is 45.0 Å². The van der Waals surface area contributed by atoms with Crippen LogP contribution in [0.4, 0.5) is 4.79 Å². The topological polar surface area (TPSA) is 101 Å². The number of aromatic amines is 1. The highest BCUT2D eigenvalue weighted by Crippen LogP contribution is 2.18. The van der Waals surface area contributed by atoms with E-state index in [0.29, 0.717) is 47.9 Å². The number of nitrogens with one attached hydrogen (secondary N) is 1. The van der Waals surface area contributed by atoms with Crippen LogP contribution in [0.5, 0.6) is 5.75 Å². The number of H-pyrrole nitrogens is 1. The van der Waals surface area contributed by atoms with Gasteiger partial charge in [0.2, 0.25) is 11.1 Å². The molecule has 2 heterocycles. The maximum atomic E-state index is 12.5. The molecule has 0 radical (unpaired) electrons. The van der Waals surface area contributed by atoms with Gasteiger partial charge < -0.3 is 19.3 Å². The Morgan fingerprint density at radius 2 is 1.77 bits per heavy atom. The second kappa shape index (κ2) is 10.2. The minimum absolute atomic E-state index is 0.0161. The van der Waals surface area contributed by atoms with Gasteiger partial charge >= 0.3 is 6.09 Å². The molecule has 1 aromatic heterocycles. The molecule has 0 unspecified atom stereocenters. The first-order valence-electron chi connectivity index (χ1n) is 9.88. The van der Waals surface area contributed by atoms with Crippen molar-refractivity contribution >= 4 is 35.4 Å². The van der Waals surface area contributed by atoms with Gasteiger partial charge in [0, 0.05) is 31.2 Å². The zero-order chi connectivity index (χ0) is 22.4. The maximum absolute atomic E-state index is 12.5. The summed E-state index contributed by atoms with van der Waals surface area (Å²) < 4.78 is 11.0. The first-order chi connectivity index (χ1) is 14.7. The first-order valence-corrected chi connectivity index (χ1v) is 11.2. The summed E-state index contributed by atoms with van der Waals surface area (Å²) in [4.78, 5) is 32.3. The minimum Gasteiger partial charge on any atom is -0.486 e. The maximum Gasteiger partial charge on any atom is 0.410 e. The Labute approximate surface area is 190 Å². The fourth-order valence-corrected chi connectivity index (χ4v) is 3.62. The van der Waals surface area contributed by atoms with Gasteiger partial charge in [-0.25, -0.2) is 9.78 Å². The summed E-state index contributed by atoms with van der Waals surface area (Å²) in [5.41, 5.74) is -0.532. The molecule has 1 fully saturated rings. The normalized spacial score (nSPS) is 14.5. The number of nitrogens with zero attached hydrogens (tertiary/aromatic N) is 4. The highest BCUT2D eigenvalue weighted by molar-refractivity contribution is 7.99. The van der Waals surface area contributed by atoms with Crippen LogP contribution >= 0.6 is 23.4 Å². The van der Waals surface area contributed by atoms with E-state index in [1.165, 1.54) is 11.8 Å². The monoisotopic (exact) mass is 467 g/mol. The minimum atomic E-state index is -0.532. The van der Waals surface area contributed by atoms with Crippen LogP contribution < -0.4 is 4.74 Å². The van der Waals surface area contributed by atoms with Crippen molar-refractivity contribution in [1.29, 1.82) is 0 Å². The van der Waals surface area contributed by atoms with Crippen molar-refractivity contribution in [2.24, 2.45) is 0 Å². The van der Waals surface area contributed by atoms with Gasteiger partial charge in [-0.15, -0.1) is 5.10 Å². The number of carbonyl (C=O) groups excluding carboxylic acids is 2. The smallest absolute Gasteiger partial charge is 0.410 e. The fourth-order valence-electron chi connectivity index (χ4n) is 2.77. The lowest BCUT2D eigenvalue weighted by Gasteiger charge is -2.35. The van der Waals surface area contributed by atoms with Crippen LogP contribution in [0.25, 0.3) is 0 Å². The third-order valence-corrected chi connectivity index (χ3v) is 5.39. The Kier molecular flexibility index (Phi) is 7.66. The summed E-state index contributed by atoms with van der Waals surface area (Å²) in [6, 6.07) is 7.04. The van der Waals surface area contributed by atoms with Crippen molar-refractivity contribution in [2.45, 2.75) is 38.1 Å². The van der Waals surface area contributed by atoms with Gasteiger partial charge in [-0.1, -0.05) is 23.4 Å². The number of halogens is 1. The Morgan fingerprint density at radius 3 is 2.42 bits per heavy atom. The zero-order valence-corrected chi connectivity index (χ0v) is 19.3. The summed E-state index contributed by atoms with van der Waals surface area (Å²) in [5, 5.41) is 8.05. The van der Waals surface area contributed by atoms with Crippen molar-refractivity contribution < 1.29 is 19.1 Å². The predicted octanol–water partition coefficient (Wildman–Crippen LogP) is 3.21. The van der Waals surface area contributed by atoms with E-state index in [1.807, 2.05) is 20.8 Å². The highest BCUT2D eigenvalue weighted by atomic mass is 35.5. The van der Waals surface area contributed by atoms with E-state index < -0.39 is 5.60 Å². The average Bonchev–Trinajstić information content (AvgIpc) is 3.18. The molecule has 3 rings (SSSR count). The molecule has 31 heavy (non-hydrogen) atoms. The van der Waals surface area contributed by atoms with E-state index in [1.54, 1.807) is 34.1 Å². The van der Waals surface area contributed by atoms with E-state index in [9.17, 15) is 9.59 Å². The molecule has 168 valence electrons. The van der Waals surface area contributed by atoms with Crippen LogP contribution in [0.2, 0.25) is 5.02 Å². The van der Waals surface area contributed by atoms with Crippen LogP contribution in [0.3, 0.4) is 0 Å². The van der Waals surface area contributed by atoms with Gasteiger partial charge in [0.15, 0.2) is 5.82 Å². The Bertz CT molecular complexity index is 892. The standard InChI is InChI=1S/C20H26ClN5O4S/c1-20(2,3)30-19(28)26-10-8-25(9-11-26)17(27)13-31-18-22-16(23-24-18)12-29-15-6-4-14(21)5-7-15/h4-7H,8-13H2,1-3H3,(H,22,23,24). The lowest BCUT2D eigenvalue weighted by Crippen LogP contribution is -2.52. The molecule has 1 saturated heterocycles. The molecule has 0 bridgehead atoms. The molecule has 11 heteroatoms. The number of thioether (sulfide) groups is 1. The van der Waals surface area contributed by atoms with Crippen molar-refractivity contribution in [1.82, 2.24) is 25.0 Å². The van der Waals surface area contributed by atoms with Crippen LogP contribution in [0, 0.1) is 0 Å². The molecule has 0 saturated carbocycles. The van der Waals surface area contributed by atoms with E-state index in [-0.39, 0.29) is 24.4 Å². The summed E-state index contributed by atoms with van der Waals surface area (Å²) in [5.74, 6) is 1.45. The van der Waals surface area contributed by atoms with Crippen LogP contribution in [-0.4, -0.2) is 74.5 Å². The molecular weight excluding hydrogens is 442 g/mol. The molecular formula is C20H26ClN5O4S. The first kappa shape index (κ1) is 23.2. The Hall–Kier alpha value is -2.46. The molecule has 1 aliphatic heterocycles. The second-order valence-corrected chi connectivity index (χ2v) is 9.32. The number of piperazine rings is 1. The van der Waals surface area contributed by atoms with Crippen LogP contribution in [-0.2, 0) is 16.1 Å². The third kappa shape index (κ3) is 7.32. The highest BCUT2D eigenvalue weighted by Gasteiger charge is 2.27. The van der Waals surface area contributed by atoms with Crippen molar-refractivity contribution in [3.05, 3.63) is 35.1 Å². The van der Waals surface area contributed by atoms with E-state index in [0.717, 1.165) is 0 Å². The lowest BCUT2D eigenvalue weighted by molar-refractivity contribution is -0.130. The second-order valence-electron chi connectivity index (χ2n) is 7.94. The molecule has 0 aliphatic carbocycles.